The van der Waals surface area contributed by atoms with Gasteiger partial charge in [-0.1, -0.05) is 35.0 Å². The Labute approximate surface area is 108 Å². The quantitative estimate of drug-likeness (QED) is 0.744. The van der Waals surface area contributed by atoms with Crippen molar-refractivity contribution in [2.45, 2.75) is 39.5 Å². The zero-order chi connectivity index (χ0) is 11.8. The fourth-order valence-electron chi connectivity index (χ4n) is 1.74. The number of hydrogen-bond donors (Lipinski definition) is 1. The third-order valence-electron chi connectivity index (χ3n) is 2.72. The largest absolute Gasteiger partial charge is 0.317 e. The second-order valence-corrected chi connectivity index (χ2v) is 5.14. The molecule has 0 atom stereocenters. The molecular weight excluding hydrogens is 262 g/mol. The van der Waals surface area contributed by atoms with Gasteiger partial charge < -0.3 is 5.32 Å². The lowest BCUT2D eigenvalue weighted by atomic mass is 10.1. The van der Waals surface area contributed by atoms with Crippen LogP contribution < -0.4 is 5.32 Å². The minimum atomic E-state index is 1.15. The Morgan fingerprint density at radius 1 is 1.19 bits per heavy atom. The maximum atomic E-state index is 3.53. The van der Waals surface area contributed by atoms with E-state index in [1.807, 2.05) is 0 Å². The van der Waals surface area contributed by atoms with Crippen molar-refractivity contribution in [3.8, 4) is 0 Å². The van der Waals surface area contributed by atoms with Gasteiger partial charge in [0.15, 0.2) is 0 Å². The predicted octanol–water partition coefficient (Wildman–Crippen LogP) is 4.08. The molecule has 0 aliphatic heterocycles. The van der Waals surface area contributed by atoms with Crippen molar-refractivity contribution >= 4 is 15.9 Å². The van der Waals surface area contributed by atoms with Crippen molar-refractivity contribution < 1.29 is 0 Å². The number of hydrogen-bond acceptors (Lipinski definition) is 1. The molecule has 1 aromatic carbocycles. The Bertz CT molecular complexity index is 310. The van der Waals surface area contributed by atoms with Crippen LogP contribution in [0.1, 0.15) is 37.3 Å². The first-order valence-electron chi connectivity index (χ1n) is 6.19. The Balaban J connectivity index is 2.19. The van der Waals surface area contributed by atoms with Gasteiger partial charge in [0, 0.05) is 4.47 Å². The van der Waals surface area contributed by atoms with Crippen molar-refractivity contribution in [2.75, 3.05) is 13.1 Å². The second-order valence-electron chi connectivity index (χ2n) is 4.29. The molecule has 16 heavy (non-hydrogen) atoms. The molecule has 1 aromatic rings. The lowest BCUT2D eigenvalue weighted by molar-refractivity contribution is 0.617. The van der Waals surface area contributed by atoms with E-state index in [1.165, 1.54) is 41.3 Å². The third-order valence-corrected chi connectivity index (χ3v) is 3.61. The summed E-state index contributed by atoms with van der Waals surface area (Å²) in [4.78, 5) is 0. The highest BCUT2D eigenvalue weighted by Gasteiger charge is 1.97. The minimum Gasteiger partial charge on any atom is -0.317 e. The average Bonchev–Trinajstić information content (AvgIpc) is 2.28. The fourth-order valence-corrected chi connectivity index (χ4v) is 1.99. The molecule has 0 unspecified atom stereocenters. The smallest absolute Gasteiger partial charge is 0.0204 e. The number of benzene rings is 1. The molecule has 0 heterocycles. The zero-order valence-electron chi connectivity index (χ0n) is 10.4. The van der Waals surface area contributed by atoms with Crippen molar-refractivity contribution in [1.82, 2.24) is 5.32 Å². The summed E-state index contributed by atoms with van der Waals surface area (Å²) in [6.07, 6.45) is 4.97. The van der Waals surface area contributed by atoms with E-state index in [0.717, 1.165) is 13.1 Å². The first-order valence-corrected chi connectivity index (χ1v) is 6.99. The fraction of sp³-hybridized carbons (Fsp3) is 0.571. The van der Waals surface area contributed by atoms with Crippen LogP contribution in [0.2, 0.25) is 0 Å². The van der Waals surface area contributed by atoms with E-state index >= 15 is 0 Å². The standard InChI is InChI=1S/C14H22BrN/c1-3-9-16-10-5-4-6-13-7-8-14(15)12(2)11-13/h7-8,11,16H,3-6,9-10H2,1-2H3. The van der Waals surface area contributed by atoms with Crippen LogP contribution in [0.5, 0.6) is 0 Å². The molecule has 1 nitrogen and oxygen atoms in total. The maximum absolute atomic E-state index is 3.53. The molecular formula is C14H22BrN. The molecule has 0 bridgehead atoms. The van der Waals surface area contributed by atoms with Crippen LogP contribution in [0, 0.1) is 6.92 Å². The molecule has 0 spiro atoms. The molecule has 0 aliphatic carbocycles. The van der Waals surface area contributed by atoms with Crippen molar-refractivity contribution in [3.63, 3.8) is 0 Å². The van der Waals surface area contributed by atoms with Gasteiger partial charge >= 0.3 is 0 Å². The van der Waals surface area contributed by atoms with E-state index in [-0.39, 0.29) is 0 Å². The van der Waals surface area contributed by atoms with Gasteiger partial charge in [0.2, 0.25) is 0 Å². The van der Waals surface area contributed by atoms with Gasteiger partial charge in [0.05, 0.1) is 0 Å². The Morgan fingerprint density at radius 3 is 2.69 bits per heavy atom. The van der Waals surface area contributed by atoms with Gasteiger partial charge in [-0.2, -0.15) is 0 Å². The first kappa shape index (κ1) is 13.7. The zero-order valence-corrected chi connectivity index (χ0v) is 11.9. The first-order chi connectivity index (χ1) is 7.74. The molecule has 2 heteroatoms. The van der Waals surface area contributed by atoms with Gasteiger partial charge in [-0.15, -0.1) is 0 Å². The van der Waals surface area contributed by atoms with Crippen LogP contribution in [0.25, 0.3) is 0 Å². The lowest BCUT2D eigenvalue weighted by Gasteiger charge is -2.05. The average molecular weight is 284 g/mol. The van der Waals surface area contributed by atoms with Gasteiger partial charge in [0.25, 0.3) is 0 Å². The number of halogens is 1. The normalized spacial score (nSPS) is 10.7. The third kappa shape index (κ3) is 5.13. The topological polar surface area (TPSA) is 12.0 Å². The summed E-state index contributed by atoms with van der Waals surface area (Å²) in [7, 11) is 0. The Kier molecular flexibility index (Phi) is 6.74. The number of rotatable bonds is 7. The summed E-state index contributed by atoms with van der Waals surface area (Å²) in [5.41, 5.74) is 2.79. The highest BCUT2D eigenvalue weighted by Crippen LogP contribution is 2.18. The number of aryl methyl sites for hydroxylation is 2. The van der Waals surface area contributed by atoms with Crippen molar-refractivity contribution in [3.05, 3.63) is 33.8 Å². The molecule has 0 saturated heterocycles. The van der Waals surface area contributed by atoms with Gasteiger partial charge in [0.1, 0.15) is 0 Å². The molecule has 0 aromatic heterocycles. The molecule has 0 fully saturated rings. The molecule has 0 radical (unpaired) electrons. The van der Waals surface area contributed by atoms with E-state index in [2.05, 4.69) is 53.3 Å². The van der Waals surface area contributed by atoms with Crippen molar-refractivity contribution in [2.24, 2.45) is 0 Å². The van der Waals surface area contributed by atoms with E-state index in [1.54, 1.807) is 0 Å². The summed E-state index contributed by atoms with van der Waals surface area (Å²) in [5, 5.41) is 3.43. The van der Waals surface area contributed by atoms with E-state index in [9.17, 15) is 0 Å². The van der Waals surface area contributed by atoms with Crippen molar-refractivity contribution in [1.29, 1.82) is 0 Å². The van der Waals surface area contributed by atoms with Crippen LogP contribution in [-0.4, -0.2) is 13.1 Å². The van der Waals surface area contributed by atoms with Crippen LogP contribution in [0.4, 0.5) is 0 Å². The number of nitrogens with one attached hydrogen (secondary N) is 1. The predicted molar refractivity (Wildman–Crippen MR) is 75.0 cm³/mol. The molecule has 0 saturated carbocycles. The van der Waals surface area contributed by atoms with E-state index in [4.69, 9.17) is 0 Å². The van der Waals surface area contributed by atoms with Gasteiger partial charge in [-0.3, -0.25) is 0 Å². The summed E-state index contributed by atoms with van der Waals surface area (Å²) in [5.74, 6) is 0. The summed E-state index contributed by atoms with van der Waals surface area (Å²) in [6.45, 7) is 6.66. The highest BCUT2D eigenvalue weighted by molar-refractivity contribution is 9.10. The summed E-state index contributed by atoms with van der Waals surface area (Å²) < 4.78 is 1.21. The van der Waals surface area contributed by atoms with Crippen LogP contribution in [0.3, 0.4) is 0 Å². The SMILES string of the molecule is CCCNCCCCc1ccc(Br)c(C)c1. The Morgan fingerprint density at radius 2 is 2.00 bits per heavy atom. The molecule has 0 aliphatic rings. The lowest BCUT2D eigenvalue weighted by Crippen LogP contribution is -2.15. The maximum Gasteiger partial charge on any atom is 0.0204 e. The summed E-state index contributed by atoms with van der Waals surface area (Å²) >= 11 is 3.53. The van der Waals surface area contributed by atoms with Gasteiger partial charge in [-0.25, -0.2) is 0 Å². The summed E-state index contributed by atoms with van der Waals surface area (Å²) in [6, 6.07) is 6.65. The highest BCUT2D eigenvalue weighted by atomic mass is 79.9. The molecule has 0 amide bonds. The Hall–Kier alpha value is -0.340. The monoisotopic (exact) mass is 283 g/mol. The van der Waals surface area contributed by atoms with Crippen LogP contribution >= 0.6 is 15.9 Å². The van der Waals surface area contributed by atoms with Crippen LogP contribution in [0.15, 0.2) is 22.7 Å². The second kappa shape index (κ2) is 7.86. The minimum absolute atomic E-state index is 1.15. The van der Waals surface area contributed by atoms with E-state index in [0.29, 0.717) is 0 Å². The molecule has 1 N–H and O–H groups in total. The van der Waals surface area contributed by atoms with Crippen LogP contribution in [-0.2, 0) is 6.42 Å². The molecule has 90 valence electrons. The number of unbranched alkanes of at least 4 members (excludes halogenated alkanes) is 1. The molecule has 1 rings (SSSR count). The van der Waals surface area contributed by atoms with E-state index < -0.39 is 0 Å². The van der Waals surface area contributed by atoms with Gasteiger partial charge in [-0.05, 0) is 62.9 Å².